The molecule has 3 rings (SSSR count). The number of nitrogens with one attached hydrogen (secondary N) is 1. The number of hydrogen-bond acceptors (Lipinski definition) is 4. The van der Waals surface area contributed by atoms with Crippen molar-refractivity contribution in [2.75, 3.05) is 13.7 Å². The Labute approximate surface area is 138 Å². The van der Waals surface area contributed by atoms with Crippen LogP contribution in [0.2, 0.25) is 0 Å². The van der Waals surface area contributed by atoms with E-state index >= 15 is 0 Å². The molecule has 0 radical (unpaired) electrons. The van der Waals surface area contributed by atoms with Crippen molar-refractivity contribution in [3.63, 3.8) is 0 Å². The van der Waals surface area contributed by atoms with Crippen molar-refractivity contribution >= 4 is 34.3 Å². The molecule has 0 fully saturated rings. The standard InChI is InChI=1S/C18H17NO3S/c1-21-17(16-11-13-5-2-3-7-15(13)22-16)12-19-18(20)9-8-14-6-4-10-23-14/h2-11,17H,12H2,1H3,(H,19,20)/b9-8+/t17-/m1/s1. The molecule has 0 aliphatic rings. The second-order valence-corrected chi connectivity index (χ2v) is 5.98. The maximum absolute atomic E-state index is 11.9. The highest BCUT2D eigenvalue weighted by atomic mass is 32.1. The molecule has 5 heteroatoms. The third-order valence-corrected chi connectivity index (χ3v) is 4.29. The molecule has 4 nitrogen and oxygen atoms in total. The Morgan fingerprint density at radius 3 is 2.96 bits per heavy atom. The Hall–Kier alpha value is -2.37. The van der Waals surface area contributed by atoms with Crippen LogP contribution in [0, 0.1) is 0 Å². The average Bonchev–Trinajstić information content (AvgIpc) is 3.22. The zero-order chi connectivity index (χ0) is 16.1. The maximum atomic E-state index is 11.9. The van der Waals surface area contributed by atoms with Crippen LogP contribution in [0.5, 0.6) is 0 Å². The summed E-state index contributed by atoms with van der Waals surface area (Å²) < 4.78 is 11.2. The summed E-state index contributed by atoms with van der Waals surface area (Å²) in [6.07, 6.45) is 3.00. The summed E-state index contributed by atoms with van der Waals surface area (Å²) in [4.78, 5) is 12.9. The minimum atomic E-state index is -0.318. The van der Waals surface area contributed by atoms with Gasteiger partial charge in [0, 0.05) is 23.4 Å². The van der Waals surface area contributed by atoms with E-state index < -0.39 is 0 Å². The van der Waals surface area contributed by atoms with Crippen LogP contribution in [-0.4, -0.2) is 19.6 Å². The molecule has 0 bridgehead atoms. The quantitative estimate of drug-likeness (QED) is 0.696. The number of methoxy groups -OCH3 is 1. The molecule has 2 heterocycles. The second kappa shape index (κ2) is 7.26. The van der Waals surface area contributed by atoms with Gasteiger partial charge in [0.25, 0.3) is 0 Å². The minimum Gasteiger partial charge on any atom is -0.458 e. The van der Waals surface area contributed by atoms with Crippen molar-refractivity contribution in [3.8, 4) is 0 Å². The van der Waals surface area contributed by atoms with Crippen molar-refractivity contribution < 1.29 is 13.9 Å². The summed E-state index contributed by atoms with van der Waals surface area (Å²) in [5.74, 6) is 0.549. The molecule has 0 aliphatic carbocycles. The van der Waals surface area contributed by atoms with Crippen LogP contribution >= 0.6 is 11.3 Å². The maximum Gasteiger partial charge on any atom is 0.244 e. The number of hydrogen-bond donors (Lipinski definition) is 1. The molecule has 1 aromatic carbocycles. The van der Waals surface area contributed by atoms with Gasteiger partial charge in [-0.25, -0.2) is 0 Å². The van der Waals surface area contributed by atoms with Gasteiger partial charge in [0.15, 0.2) is 0 Å². The molecule has 1 atom stereocenters. The van der Waals surface area contributed by atoms with E-state index in [1.807, 2.05) is 47.8 Å². The van der Waals surface area contributed by atoms with Gasteiger partial charge in [-0.3, -0.25) is 4.79 Å². The molecule has 0 spiro atoms. The number of amides is 1. The minimum absolute atomic E-state index is 0.156. The van der Waals surface area contributed by atoms with E-state index in [1.165, 1.54) is 6.08 Å². The highest BCUT2D eigenvalue weighted by molar-refractivity contribution is 7.10. The van der Waals surface area contributed by atoms with Gasteiger partial charge in [0.1, 0.15) is 17.4 Å². The van der Waals surface area contributed by atoms with E-state index in [1.54, 1.807) is 24.5 Å². The van der Waals surface area contributed by atoms with Crippen molar-refractivity contribution in [1.82, 2.24) is 5.32 Å². The van der Waals surface area contributed by atoms with E-state index in [-0.39, 0.29) is 12.0 Å². The van der Waals surface area contributed by atoms with Gasteiger partial charge < -0.3 is 14.5 Å². The van der Waals surface area contributed by atoms with Gasteiger partial charge in [-0.15, -0.1) is 11.3 Å². The SMILES string of the molecule is CO[C@H](CNC(=O)/C=C/c1cccs1)c1cc2ccccc2o1. The first kappa shape index (κ1) is 15.5. The molecule has 118 valence electrons. The number of carbonyl (C=O) groups excluding carboxylic acids is 1. The average molecular weight is 327 g/mol. The van der Waals surface area contributed by atoms with E-state index in [0.717, 1.165) is 15.8 Å². The molecule has 0 aliphatic heterocycles. The molecule has 3 aromatic rings. The third-order valence-electron chi connectivity index (χ3n) is 3.45. The lowest BCUT2D eigenvalue weighted by molar-refractivity contribution is -0.117. The number of furan rings is 1. The Bertz CT molecular complexity index is 772. The third kappa shape index (κ3) is 3.88. The molecular formula is C18H17NO3S. The smallest absolute Gasteiger partial charge is 0.244 e. The summed E-state index contributed by atoms with van der Waals surface area (Å²) in [5, 5.41) is 5.83. The first-order valence-corrected chi connectivity index (χ1v) is 8.15. The topological polar surface area (TPSA) is 51.5 Å². The summed E-state index contributed by atoms with van der Waals surface area (Å²) >= 11 is 1.59. The number of carbonyl (C=O) groups is 1. The fourth-order valence-corrected chi connectivity index (χ4v) is 2.88. The summed E-state index contributed by atoms with van der Waals surface area (Å²) in [7, 11) is 1.60. The molecule has 0 saturated heterocycles. The van der Waals surface area contributed by atoms with Crippen LogP contribution in [-0.2, 0) is 9.53 Å². The molecule has 1 N–H and O–H groups in total. The van der Waals surface area contributed by atoms with E-state index in [9.17, 15) is 4.79 Å². The predicted molar refractivity (Wildman–Crippen MR) is 92.3 cm³/mol. The largest absolute Gasteiger partial charge is 0.458 e. The molecule has 1 amide bonds. The van der Waals surface area contributed by atoms with Crippen molar-refractivity contribution in [1.29, 1.82) is 0 Å². The summed E-state index contributed by atoms with van der Waals surface area (Å²) in [6, 6.07) is 13.6. The van der Waals surface area contributed by atoms with Crippen LogP contribution in [0.4, 0.5) is 0 Å². The zero-order valence-electron chi connectivity index (χ0n) is 12.7. The summed E-state index contributed by atoms with van der Waals surface area (Å²) in [6.45, 7) is 0.351. The Morgan fingerprint density at radius 2 is 2.22 bits per heavy atom. The normalized spacial score (nSPS) is 12.7. The number of benzene rings is 1. The molecule has 23 heavy (non-hydrogen) atoms. The van der Waals surface area contributed by atoms with Crippen LogP contribution < -0.4 is 5.32 Å². The van der Waals surface area contributed by atoms with Crippen LogP contribution in [0.1, 0.15) is 16.7 Å². The fourth-order valence-electron chi connectivity index (χ4n) is 2.26. The van der Waals surface area contributed by atoms with Gasteiger partial charge in [-0.2, -0.15) is 0 Å². The van der Waals surface area contributed by atoms with Gasteiger partial charge in [-0.05, 0) is 29.7 Å². The van der Waals surface area contributed by atoms with Crippen LogP contribution in [0.3, 0.4) is 0 Å². The molecule has 0 unspecified atom stereocenters. The lowest BCUT2D eigenvalue weighted by Crippen LogP contribution is -2.27. The second-order valence-electron chi connectivity index (χ2n) is 5.00. The first-order chi connectivity index (χ1) is 11.3. The highest BCUT2D eigenvalue weighted by Crippen LogP contribution is 2.25. The lowest BCUT2D eigenvalue weighted by Gasteiger charge is -2.12. The predicted octanol–water partition coefficient (Wildman–Crippen LogP) is 4.01. The van der Waals surface area contributed by atoms with Crippen LogP contribution in [0.15, 0.2) is 58.3 Å². The van der Waals surface area contributed by atoms with E-state index in [2.05, 4.69) is 5.32 Å². The monoisotopic (exact) mass is 327 g/mol. The first-order valence-electron chi connectivity index (χ1n) is 7.27. The molecular weight excluding hydrogens is 310 g/mol. The summed E-state index contributed by atoms with van der Waals surface area (Å²) in [5.41, 5.74) is 0.813. The number of rotatable bonds is 6. The Morgan fingerprint density at radius 1 is 1.35 bits per heavy atom. The van der Waals surface area contributed by atoms with Crippen molar-refractivity contribution in [3.05, 3.63) is 64.6 Å². The van der Waals surface area contributed by atoms with Crippen molar-refractivity contribution in [2.24, 2.45) is 0 Å². The highest BCUT2D eigenvalue weighted by Gasteiger charge is 2.16. The van der Waals surface area contributed by atoms with Gasteiger partial charge in [-0.1, -0.05) is 24.3 Å². The van der Waals surface area contributed by atoms with E-state index in [0.29, 0.717) is 12.3 Å². The molecule has 2 aromatic heterocycles. The number of ether oxygens (including phenoxy) is 1. The number of thiophene rings is 1. The Kier molecular flexibility index (Phi) is 4.90. The van der Waals surface area contributed by atoms with Gasteiger partial charge in [0.2, 0.25) is 5.91 Å². The zero-order valence-corrected chi connectivity index (χ0v) is 13.5. The number of para-hydroxylation sites is 1. The Balaban J connectivity index is 1.62. The van der Waals surface area contributed by atoms with Gasteiger partial charge in [0.05, 0.1) is 6.54 Å². The van der Waals surface area contributed by atoms with E-state index in [4.69, 9.17) is 9.15 Å². The number of fused-ring (bicyclic) bond motifs is 1. The van der Waals surface area contributed by atoms with Crippen molar-refractivity contribution in [2.45, 2.75) is 6.10 Å². The van der Waals surface area contributed by atoms with Crippen LogP contribution in [0.25, 0.3) is 17.0 Å². The fraction of sp³-hybridized carbons (Fsp3) is 0.167. The lowest BCUT2D eigenvalue weighted by atomic mass is 10.2. The molecule has 0 saturated carbocycles. The van der Waals surface area contributed by atoms with Gasteiger partial charge >= 0.3 is 0 Å².